The highest BCUT2D eigenvalue weighted by Crippen LogP contribution is 2.05. The van der Waals surface area contributed by atoms with Crippen LogP contribution in [0, 0.1) is 23.2 Å². The van der Waals surface area contributed by atoms with Crippen molar-refractivity contribution in [1.82, 2.24) is 4.98 Å². The van der Waals surface area contributed by atoms with Gasteiger partial charge in [-0.1, -0.05) is 23.4 Å². The van der Waals surface area contributed by atoms with Crippen LogP contribution in [0.4, 0.5) is 0 Å². The Morgan fingerprint density at radius 3 is 2.06 bits per heavy atom. The van der Waals surface area contributed by atoms with Crippen LogP contribution in [-0.2, 0) is 0 Å². The number of hydrogen-bond donors (Lipinski definition) is 0. The summed E-state index contributed by atoms with van der Waals surface area (Å²) < 4.78 is 0. The molecule has 0 spiro atoms. The molecule has 3 heteroatoms. The van der Waals surface area contributed by atoms with Crippen LogP contribution in [-0.4, -0.2) is 4.98 Å². The second kappa shape index (κ2) is 5.16. The summed E-state index contributed by atoms with van der Waals surface area (Å²) in [5.41, 5.74) is 2.29. The number of benzene rings is 1. The Bertz CT molecular complexity index is 611. The minimum Gasteiger partial charge on any atom is -0.243 e. The first-order valence-corrected chi connectivity index (χ1v) is 5.29. The molecule has 2 rings (SSSR count). The van der Waals surface area contributed by atoms with Gasteiger partial charge < -0.3 is 0 Å². The van der Waals surface area contributed by atoms with Crippen molar-refractivity contribution in [3.63, 3.8) is 0 Å². The van der Waals surface area contributed by atoms with Gasteiger partial charge in [0.25, 0.3) is 0 Å². The summed E-state index contributed by atoms with van der Waals surface area (Å²) in [6, 6.07) is 12.7. The largest absolute Gasteiger partial charge is 0.243 e. The monoisotopic (exact) mass is 238 g/mol. The lowest BCUT2D eigenvalue weighted by Gasteiger charge is -1.91. The molecule has 1 heterocycles. The molecule has 1 aromatic carbocycles. The summed E-state index contributed by atoms with van der Waals surface area (Å²) in [7, 11) is 0. The molecule has 0 radical (unpaired) electrons. The van der Waals surface area contributed by atoms with Crippen LogP contribution in [0.5, 0.6) is 0 Å². The maximum Gasteiger partial charge on any atom is 0.129 e. The Morgan fingerprint density at radius 2 is 1.47 bits per heavy atom. The molecule has 0 fully saturated rings. The summed E-state index contributed by atoms with van der Waals surface area (Å²) in [5, 5.41) is 9.11. The van der Waals surface area contributed by atoms with Gasteiger partial charge >= 0.3 is 0 Å². The van der Waals surface area contributed by atoms with Gasteiger partial charge in [-0.15, -0.1) is 0 Å². The molecule has 17 heavy (non-hydrogen) atoms. The van der Waals surface area contributed by atoms with Crippen LogP contribution in [0.3, 0.4) is 0 Å². The fraction of sp³-hybridized carbons (Fsp3) is 0. The number of hydrogen-bond acceptors (Lipinski definition) is 2. The molecule has 0 unspecified atom stereocenters. The second-order valence-electron chi connectivity index (χ2n) is 3.31. The Kier molecular flexibility index (Phi) is 3.40. The van der Waals surface area contributed by atoms with Crippen molar-refractivity contribution >= 4 is 11.6 Å². The maximum absolute atomic E-state index is 8.66. The predicted molar refractivity (Wildman–Crippen MR) is 66.4 cm³/mol. The van der Waals surface area contributed by atoms with E-state index >= 15 is 0 Å². The standard InChI is InChI=1S/C14H7ClN2/c15-14-8-7-13(10-17-14)6-3-11-1-4-12(9-16)5-2-11/h1-2,4-5,7-8,10H. The van der Waals surface area contributed by atoms with E-state index in [0.29, 0.717) is 10.7 Å². The van der Waals surface area contributed by atoms with Crippen LogP contribution in [0.15, 0.2) is 42.6 Å². The molecule has 0 aliphatic carbocycles. The van der Waals surface area contributed by atoms with E-state index in [2.05, 4.69) is 22.9 Å². The molecule has 2 aromatic rings. The molecule has 0 aliphatic heterocycles. The van der Waals surface area contributed by atoms with E-state index in [0.717, 1.165) is 11.1 Å². The van der Waals surface area contributed by atoms with Crippen molar-refractivity contribution in [1.29, 1.82) is 5.26 Å². The molecule has 0 atom stereocenters. The van der Waals surface area contributed by atoms with Crippen LogP contribution in [0.1, 0.15) is 16.7 Å². The highest BCUT2D eigenvalue weighted by molar-refractivity contribution is 6.29. The van der Waals surface area contributed by atoms with Gasteiger partial charge in [0.15, 0.2) is 0 Å². The van der Waals surface area contributed by atoms with Crippen molar-refractivity contribution in [2.45, 2.75) is 0 Å². The number of nitriles is 1. The van der Waals surface area contributed by atoms with Gasteiger partial charge in [-0.05, 0) is 36.4 Å². The Balaban J connectivity index is 2.21. The molecule has 2 nitrogen and oxygen atoms in total. The maximum atomic E-state index is 8.66. The molecule has 0 amide bonds. The average Bonchev–Trinajstić information content (AvgIpc) is 2.39. The number of nitrogens with zero attached hydrogens (tertiary/aromatic N) is 2. The number of pyridine rings is 1. The van der Waals surface area contributed by atoms with Crippen LogP contribution >= 0.6 is 11.6 Å². The van der Waals surface area contributed by atoms with Gasteiger partial charge in [0.1, 0.15) is 5.15 Å². The van der Waals surface area contributed by atoms with E-state index in [4.69, 9.17) is 16.9 Å². The number of aromatic nitrogens is 1. The van der Waals surface area contributed by atoms with E-state index in [1.807, 2.05) is 18.2 Å². The van der Waals surface area contributed by atoms with Crippen LogP contribution < -0.4 is 0 Å². The summed E-state index contributed by atoms with van der Waals surface area (Å²) in [6.45, 7) is 0. The van der Waals surface area contributed by atoms with Gasteiger partial charge in [0.05, 0.1) is 11.6 Å². The molecule has 0 N–H and O–H groups in total. The SMILES string of the molecule is N#Cc1ccc(C#Cc2ccc(Cl)nc2)cc1. The smallest absolute Gasteiger partial charge is 0.129 e. The normalized spacial score (nSPS) is 8.94. The topological polar surface area (TPSA) is 36.7 Å². The van der Waals surface area contributed by atoms with Crippen LogP contribution in [0.2, 0.25) is 5.15 Å². The Hall–Kier alpha value is -2.29. The summed E-state index contributed by atoms with van der Waals surface area (Å²) in [4.78, 5) is 3.94. The van der Waals surface area contributed by atoms with Gasteiger partial charge in [-0.2, -0.15) is 5.26 Å². The first-order valence-electron chi connectivity index (χ1n) is 4.92. The highest BCUT2D eigenvalue weighted by atomic mass is 35.5. The Labute approximate surface area is 104 Å². The van der Waals surface area contributed by atoms with E-state index in [9.17, 15) is 0 Å². The molecular formula is C14H7ClN2. The number of rotatable bonds is 0. The zero-order valence-corrected chi connectivity index (χ0v) is 9.57. The summed E-state index contributed by atoms with van der Waals surface area (Å²) in [5.74, 6) is 5.96. The predicted octanol–water partition coefficient (Wildman–Crippen LogP) is 3.01. The number of halogens is 1. The first-order chi connectivity index (χ1) is 8.28. The molecular weight excluding hydrogens is 232 g/mol. The lowest BCUT2D eigenvalue weighted by molar-refractivity contribution is 1.31. The van der Waals surface area contributed by atoms with Crippen molar-refractivity contribution in [3.8, 4) is 17.9 Å². The third-order valence-corrected chi connectivity index (χ3v) is 2.32. The fourth-order valence-electron chi connectivity index (χ4n) is 1.22. The van der Waals surface area contributed by atoms with Crippen molar-refractivity contribution in [2.24, 2.45) is 0 Å². The zero-order valence-electron chi connectivity index (χ0n) is 8.81. The van der Waals surface area contributed by atoms with E-state index < -0.39 is 0 Å². The molecule has 80 valence electrons. The van der Waals surface area contributed by atoms with Gasteiger partial charge in [-0.3, -0.25) is 0 Å². The van der Waals surface area contributed by atoms with Gasteiger partial charge in [0.2, 0.25) is 0 Å². The van der Waals surface area contributed by atoms with E-state index in [1.165, 1.54) is 0 Å². The fourth-order valence-corrected chi connectivity index (χ4v) is 1.33. The third-order valence-electron chi connectivity index (χ3n) is 2.09. The second-order valence-corrected chi connectivity index (χ2v) is 3.70. The minimum atomic E-state index is 0.453. The lowest BCUT2D eigenvalue weighted by Crippen LogP contribution is -1.79. The van der Waals surface area contributed by atoms with Gasteiger partial charge in [-0.25, -0.2) is 4.98 Å². The van der Waals surface area contributed by atoms with Gasteiger partial charge in [0, 0.05) is 17.3 Å². The third kappa shape index (κ3) is 3.08. The Morgan fingerprint density at radius 1 is 0.882 bits per heavy atom. The van der Waals surface area contributed by atoms with E-state index in [-0.39, 0.29) is 0 Å². The van der Waals surface area contributed by atoms with Crippen LogP contribution in [0.25, 0.3) is 0 Å². The highest BCUT2D eigenvalue weighted by Gasteiger charge is 1.91. The van der Waals surface area contributed by atoms with Crippen molar-refractivity contribution < 1.29 is 0 Å². The van der Waals surface area contributed by atoms with Crippen molar-refractivity contribution in [3.05, 3.63) is 64.4 Å². The summed E-state index contributed by atoms with van der Waals surface area (Å²) in [6.07, 6.45) is 1.62. The zero-order chi connectivity index (χ0) is 12.1. The molecule has 0 saturated carbocycles. The molecule has 0 aliphatic rings. The molecule has 0 bridgehead atoms. The molecule has 1 aromatic heterocycles. The quantitative estimate of drug-likeness (QED) is 0.523. The minimum absolute atomic E-state index is 0.453. The summed E-state index contributed by atoms with van der Waals surface area (Å²) >= 11 is 5.67. The first kappa shape index (κ1) is 11.2. The molecule has 0 saturated heterocycles. The van der Waals surface area contributed by atoms with E-state index in [1.54, 1.807) is 24.4 Å². The average molecular weight is 239 g/mol. The van der Waals surface area contributed by atoms with Crippen molar-refractivity contribution in [2.75, 3.05) is 0 Å². The lowest BCUT2D eigenvalue weighted by atomic mass is 10.1.